The second-order valence-corrected chi connectivity index (χ2v) is 19.9. The third-order valence-electron chi connectivity index (χ3n) is 15.6. The molecule has 9 aromatic rings. The molecule has 74 heavy (non-hydrogen) atoms. The van der Waals surface area contributed by atoms with Crippen LogP contribution in [0.1, 0.15) is 66.2 Å². The minimum Gasteiger partial charge on any atom is -0.470 e. The largest absolute Gasteiger partial charge is 0.470 e. The number of furan rings is 1. The molecular formula is C67H51N5O2. The fraction of sp³-hybridized carbons (Fsp3) is 0.149. The molecule has 7 heteroatoms. The molecule has 3 aliphatic carbocycles. The van der Waals surface area contributed by atoms with Gasteiger partial charge in [-0.05, 0) is 149 Å². The minimum atomic E-state index is -0.432. The molecule has 0 spiro atoms. The van der Waals surface area contributed by atoms with E-state index in [0.29, 0.717) is 11.1 Å². The molecule has 7 nitrogen and oxygen atoms in total. The maximum atomic E-state index is 10.7. The summed E-state index contributed by atoms with van der Waals surface area (Å²) in [6, 6.07) is 58.0. The molecule has 4 unspecified atom stereocenters. The van der Waals surface area contributed by atoms with Gasteiger partial charge in [-0.25, -0.2) is 0 Å². The Labute approximate surface area is 431 Å². The van der Waals surface area contributed by atoms with Crippen molar-refractivity contribution in [3.63, 3.8) is 0 Å². The normalized spacial score (nSPS) is 18.4. The smallest absolute Gasteiger partial charge is 0.195 e. The monoisotopic (exact) mass is 957 g/mol. The summed E-state index contributed by atoms with van der Waals surface area (Å²) >= 11 is 0. The first kappa shape index (κ1) is 44.7. The van der Waals surface area contributed by atoms with E-state index in [-0.39, 0.29) is 17.8 Å². The number of aryl methyl sites for hydroxylation is 1. The second kappa shape index (κ2) is 18.1. The van der Waals surface area contributed by atoms with Crippen molar-refractivity contribution in [2.75, 3.05) is 9.80 Å². The Morgan fingerprint density at radius 2 is 1.38 bits per heavy atom. The molecule has 0 saturated carbocycles. The van der Waals surface area contributed by atoms with Gasteiger partial charge in [0.05, 0.1) is 46.0 Å². The first-order valence-corrected chi connectivity index (χ1v) is 25.6. The Balaban J connectivity index is 1.09. The van der Waals surface area contributed by atoms with Crippen LogP contribution in [0.5, 0.6) is 0 Å². The molecule has 0 N–H and O–H groups in total. The van der Waals surface area contributed by atoms with E-state index in [2.05, 4.69) is 168 Å². The Morgan fingerprint density at radius 3 is 2.08 bits per heavy atom. The lowest BCUT2D eigenvalue weighted by atomic mass is 9.79. The summed E-state index contributed by atoms with van der Waals surface area (Å²) in [5.41, 5.74) is 15.1. The number of nitrogens with zero attached hydrogens (tertiary/aromatic N) is 5. The van der Waals surface area contributed by atoms with Gasteiger partial charge in [-0.1, -0.05) is 134 Å². The summed E-state index contributed by atoms with van der Waals surface area (Å²) in [4.78, 5) is 9.17. The van der Waals surface area contributed by atoms with Crippen LogP contribution >= 0.6 is 0 Å². The highest BCUT2D eigenvalue weighted by atomic mass is 16.5. The van der Waals surface area contributed by atoms with E-state index >= 15 is 0 Å². The molecule has 356 valence electrons. The van der Waals surface area contributed by atoms with Crippen LogP contribution in [-0.4, -0.2) is 12.9 Å². The molecule has 4 atom stereocenters. The van der Waals surface area contributed by atoms with E-state index in [1.54, 1.807) is 0 Å². The van der Waals surface area contributed by atoms with E-state index in [0.717, 1.165) is 121 Å². The standard InChI is InChI=1S/C67H51N5O2/c1-4-15-55-54-22-14-24-60(66(54)74-67(55)70-3)71(50-35-42(39-68)33-48(37-50)44-16-7-5-8-17-44)57-30-28-47-32-41(2)62-58(31-27-46-26-29-56(57)63(47)64(46)62)72(51-36-43(40-69)34-49(38-51)45-18-9-6-10-19-45)59-23-13-21-53-52-20-11-12-25-61(52)73-65(53)59/h4-11,13-21,23-24,26-31,33-38,41,54-55,67H,3,12,22,25,32H2,1-2H3/b15-4-. The average molecular weight is 958 g/mol. The van der Waals surface area contributed by atoms with Gasteiger partial charge >= 0.3 is 0 Å². The molecule has 13 rings (SSSR count). The summed E-state index contributed by atoms with van der Waals surface area (Å²) in [6.07, 6.45) is 16.1. The number of allylic oxidation sites excluding steroid dienone is 5. The number of benzene rings is 8. The first-order valence-electron chi connectivity index (χ1n) is 25.6. The van der Waals surface area contributed by atoms with Gasteiger partial charge < -0.3 is 19.0 Å². The number of hydrogen-bond donors (Lipinski definition) is 0. The summed E-state index contributed by atoms with van der Waals surface area (Å²) in [5, 5.41) is 27.0. The molecule has 2 heterocycles. The average Bonchev–Trinajstić information content (AvgIpc) is 4.03. The molecular weight excluding hydrogens is 907 g/mol. The van der Waals surface area contributed by atoms with E-state index in [4.69, 9.17) is 9.15 Å². The molecule has 1 aliphatic heterocycles. The number of fused-ring (bicyclic) bond motifs is 4. The van der Waals surface area contributed by atoms with Gasteiger partial charge in [0.2, 0.25) is 0 Å². The van der Waals surface area contributed by atoms with Gasteiger partial charge in [0.15, 0.2) is 11.8 Å². The summed E-state index contributed by atoms with van der Waals surface area (Å²) in [7, 11) is 0. The molecule has 0 bridgehead atoms. The van der Waals surface area contributed by atoms with Crippen molar-refractivity contribution in [1.82, 2.24) is 0 Å². The lowest BCUT2D eigenvalue weighted by Crippen LogP contribution is -2.23. The Morgan fingerprint density at radius 1 is 0.676 bits per heavy atom. The quantitative estimate of drug-likeness (QED) is 0.0771. The Bertz CT molecular complexity index is 4000. The fourth-order valence-electron chi connectivity index (χ4n) is 12.4. The zero-order chi connectivity index (χ0) is 50.0. The van der Waals surface area contributed by atoms with Crippen LogP contribution in [0.25, 0.3) is 60.8 Å². The summed E-state index contributed by atoms with van der Waals surface area (Å²) in [6.45, 7) is 8.36. The zero-order valence-corrected chi connectivity index (χ0v) is 41.3. The van der Waals surface area contributed by atoms with Crippen molar-refractivity contribution >= 4 is 73.7 Å². The van der Waals surface area contributed by atoms with Crippen molar-refractivity contribution in [2.24, 2.45) is 16.8 Å². The zero-order valence-electron chi connectivity index (χ0n) is 41.3. The second-order valence-electron chi connectivity index (χ2n) is 19.9. The Kier molecular flexibility index (Phi) is 11.0. The van der Waals surface area contributed by atoms with Gasteiger partial charge in [-0.15, -0.1) is 0 Å². The number of anilines is 5. The van der Waals surface area contributed by atoms with Crippen molar-refractivity contribution in [1.29, 1.82) is 10.5 Å². The molecule has 4 aliphatic rings. The molecule has 0 amide bonds. The van der Waals surface area contributed by atoms with E-state index in [1.807, 2.05) is 67.6 Å². The van der Waals surface area contributed by atoms with Crippen LogP contribution in [0.3, 0.4) is 0 Å². The predicted octanol–water partition coefficient (Wildman–Crippen LogP) is 17.1. The number of aliphatic imine (C=N–C) groups is 1. The highest BCUT2D eigenvalue weighted by Crippen LogP contribution is 2.54. The lowest BCUT2D eigenvalue weighted by molar-refractivity contribution is 0.151. The summed E-state index contributed by atoms with van der Waals surface area (Å²) < 4.78 is 13.8. The number of nitriles is 2. The highest BCUT2D eigenvalue weighted by molar-refractivity contribution is 6.18. The number of para-hydroxylation sites is 1. The van der Waals surface area contributed by atoms with Crippen LogP contribution in [0.4, 0.5) is 28.4 Å². The predicted molar refractivity (Wildman–Crippen MR) is 301 cm³/mol. The number of rotatable bonds is 10. The molecule has 8 aromatic carbocycles. The third-order valence-corrected chi connectivity index (χ3v) is 15.6. The first-order chi connectivity index (χ1) is 36.4. The van der Waals surface area contributed by atoms with Crippen molar-refractivity contribution in [2.45, 2.75) is 51.7 Å². The topological polar surface area (TPSA) is 88.8 Å². The summed E-state index contributed by atoms with van der Waals surface area (Å²) in [5.74, 6) is 2.04. The third kappa shape index (κ3) is 7.26. The fourth-order valence-corrected chi connectivity index (χ4v) is 12.4. The van der Waals surface area contributed by atoms with Gasteiger partial charge in [0.25, 0.3) is 0 Å². The maximum absolute atomic E-state index is 10.7. The maximum Gasteiger partial charge on any atom is 0.195 e. The SMILES string of the molecule is C=NC1OC2=C(N(c3cc(C#N)cc(-c4ccccc4)c3)c3ccc4c5c3ccc3ccc(N(c6cc(C#N)cc(-c7ccccc7)c6)c6cccc7c8c(oc67)CCC=C8)c(c35)C(C)C4)C=CCC2C1/C=C\C. The Hall–Kier alpha value is -9.17. The van der Waals surface area contributed by atoms with Crippen molar-refractivity contribution < 1.29 is 9.15 Å². The van der Waals surface area contributed by atoms with Crippen LogP contribution in [0, 0.1) is 34.5 Å². The molecule has 1 saturated heterocycles. The van der Waals surface area contributed by atoms with Gasteiger partial charge in [-0.2, -0.15) is 10.5 Å². The lowest BCUT2D eigenvalue weighted by Gasteiger charge is -2.35. The van der Waals surface area contributed by atoms with Gasteiger partial charge in [-0.3, -0.25) is 4.99 Å². The number of ether oxygens (including phenoxy) is 1. The van der Waals surface area contributed by atoms with Crippen LogP contribution in [0.15, 0.2) is 203 Å². The van der Waals surface area contributed by atoms with E-state index < -0.39 is 6.23 Å². The van der Waals surface area contributed by atoms with E-state index in [9.17, 15) is 10.5 Å². The molecule has 1 aromatic heterocycles. The highest BCUT2D eigenvalue weighted by Gasteiger charge is 2.43. The van der Waals surface area contributed by atoms with E-state index in [1.165, 1.54) is 21.9 Å². The van der Waals surface area contributed by atoms with Gasteiger partial charge in [0.1, 0.15) is 11.5 Å². The van der Waals surface area contributed by atoms with Crippen LogP contribution in [-0.2, 0) is 17.6 Å². The molecule has 0 radical (unpaired) electrons. The van der Waals surface area contributed by atoms with Crippen LogP contribution in [0.2, 0.25) is 0 Å². The minimum absolute atomic E-state index is 0.0188. The van der Waals surface area contributed by atoms with Crippen molar-refractivity contribution in [3.8, 4) is 34.4 Å². The van der Waals surface area contributed by atoms with Crippen LogP contribution < -0.4 is 9.80 Å². The van der Waals surface area contributed by atoms with Crippen molar-refractivity contribution in [3.05, 3.63) is 227 Å². The molecule has 1 fully saturated rings. The van der Waals surface area contributed by atoms with Gasteiger partial charge in [0, 0.05) is 46.0 Å². The number of hydrogen-bond acceptors (Lipinski definition) is 7.